The first-order valence-electron chi connectivity index (χ1n) is 4.77. The molecule has 0 saturated carbocycles. The van der Waals surface area contributed by atoms with E-state index in [4.69, 9.17) is 0 Å². The van der Waals surface area contributed by atoms with E-state index in [9.17, 15) is 0 Å². The van der Waals surface area contributed by atoms with Crippen molar-refractivity contribution in [2.45, 2.75) is 20.8 Å². The smallest absolute Gasteiger partial charge is 0.0199 e. The van der Waals surface area contributed by atoms with E-state index in [0.29, 0.717) is 5.92 Å². The highest BCUT2D eigenvalue weighted by molar-refractivity contribution is 5.50. The lowest BCUT2D eigenvalue weighted by molar-refractivity contribution is 0.927. The first-order chi connectivity index (χ1) is 6.18. The fourth-order valence-electron chi connectivity index (χ4n) is 2.17. The van der Waals surface area contributed by atoms with Crippen LogP contribution in [-0.4, -0.2) is 0 Å². The molecule has 1 atom stereocenters. The van der Waals surface area contributed by atoms with Crippen LogP contribution in [0.25, 0.3) is 0 Å². The van der Waals surface area contributed by atoms with E-state index in [1.165, 1.54) is 22.3 Å². The molecule has 67 valence electrons. The summed E-state index contributed by atoms with van der Waals surface area (Å²) in [6, 6.07) is 0. The van der Waals surface area contributed by atoms with Crippen molar-refractivity contribution in [2.75, 3.05) is 0 Å². The van der Waals surface area contributed by atoms with Crippen molar-refractivity contribution >= 4 is 0 Å². The molecule has 1 unspecified atom stereocenters. The van der Waals surface area contributed by atoms with E-state index < -0.39 is 0 Å². The third-order valence-electron chi connectivity index (χ3n) is 2.76. The fraction of sp³-hybridized carbons (Fsp3) is 0.308. The van der Waals surface area contributed by atoms with E-state index in [1.807, 2.05) is 0 Å². The summed E-state index contributed by atoms with van der Waals surface area (Å²) in [4.78, 5) is 0. The molecule has 1 radical (unpaired) electrons. The van der Waals surface area contributed by atoms with E-state index in [0.717, 1.165) is 0 Å². The standard InChI is InChI=1S/C13H15/c1-9-7-10(2)12-5-4-6-13(12)11(3)8-9/h4-8,12H,1-3H3. The van der Waals surface area contributed by atoms with Crippen molar-refractivity contribution in [1.29, 1.82) is 0 Å². The molecule has 0 amide bonds. The van der Waals surface area contributed by atoms with E-state index in [2.05, 4.69) is 51.5 Å². The minimum absolute atomic E-state index is 0.536. The number of hydrogen-bond acceptors (Lipinski definition) is 0. The molecule has 0 heterocycles. The number of allylic oxidation sites excluding steroid dienone is 8. The molecular weight excluding hydrogens is 156 g/mol. The fourth-order valence-corrected chi connectivity index (χ4v) is 2.17. The highest BCUT2D eigenvalue weighted by Crippen LogP contribution is 2.35. The van der Waals surface area contributed by atoms with Gasteiger partial charge in [0.25, 0.3) is 0 Å². The maximum atomic E-state index is 2.28. The molecule has 0 N–H and O–H groups in total. The van der Waals surface area contributed by atoms with Gasteiger partial charge in [-0.1, -0.05) is 41.0 Å². The van der Waals surface area contributed by atoms with Gasteiger partial charge in [-0.2, -0.15) is 0 Å². The van der Waals surface area contributed by atoms with Crippen LogP contribution in [-0.2, 0) is 0 Å². The third-order valence-corrected chi connectivity index (χ3v) is 2.76. The SMILES string of the molecule is CC1=CC(C)=C2[CH]C=CC2C(C)=C1. The Labute approximate surface area is 80.3 Å². The number of rotatable bonds is 0. The van der Waals surface area contributed by atoms with Crippen LogP contribution in [0.2, 0.25) is 0 Å². The molecule has 13 heavy (non-hydrogen) atoms. The molecule has 2 aliphatic carbocycles. The monoisotopic (exact) mass is 171 g/mol. The first kappa shape index (κ1) is 8.55. The van der Waals surface area contributed by atoms with Crippen molar-refractivity contribution in [1.82, 2.24) is 0 Å². The van der Waals surface area contributed by atoms with E-state index in [1.54, 1.807) is 0 Å². The molecule has 0 saturated heterocycles. The van der Waals surface area contributed by atoms with E-state index >= 15 is 0 Å². The van der Waals surface area contributed by atoms with Crippen molar-refractivity contribution in [2.24, 2.45) is 5.92 Å². The third kappa shape index (κ3) is 1.41. The van der Waals surface area contributed by atoms with Crippen LogP contribution >= 0.6 is 0 Å². The van der Waals surface area contributed by atoms with Crippen LogP contribution in [0, 0.1) is 12.3 Å². The average molecular weight is 171 g/mol. The predicted octanol–water partition coefficient (Wildman–Crippen LogP) is 3.60. The van der Waals surface area contributed by atoms with E-state index in [-0.39, 0.29) is 0 Å². The average Bonchev–Trinajstić information content (AvgIpc) is 2.47. The summed E-state index contributed by atoms with van der Waals surface area (Å²) in [6.45, 7) is 6.57. The van der Waals surface area contributed by atoms with Gasteiger partial charge in [-0.3, -0.25) is 0 Å². The summed E-state index contributed by atoms with van der Waals surface area (Å²) in [5, 5.41) is 0. The van der Waals surface area contributed by atoms with Crippen LogP contribution in [0.5, 0.6) is 0 Å². The van der Waals surface area contributed by atoms with Gasteiger partial charge in [0.2, 0.25) is 0 Å². The molecule has 0 aromatic carbocycles. The van der Waals surface area contributed by atoms with Crippen molar-refractivity contribution in [3.63, 3.8) is 0 Å². The molecule has 0 heteroatoms. The van der Waals surface area contributed by atoms with Crippen molar-refractivity contribution in [3.8, 4) is 0 Å². The van der Waals surface area contributed by atoms with Gasteiger partial charge < -0.3 is 0 Å². The topological polar surface area (TPSA) is 0 Å². The summed E-state index contributed by atoms with van der Waals surface area (Å²) in [5.74, 6) is 0.536. The molecule has 0 fully saturated rings. The minimum atomic E-state index is 0.536. The zero-order valence-electron chi connectivity index (χ0n) is 8.46. The molecular formula is C13H15. The van der Waals surface area contributed by atoms with Gasteiger partial charge in [0.15, 0.2) is 0 Å². The second-order valence-electron chi connectivity index (χ2n) is 3.94. The maximum Gasteiger partial charge on any atom is 0.0199 e. The lowest BCUT2D eigenvalue weighted by atomic mass is 9.93. The molecule has 0 aliphatic heterocycles. The molecule has 0 nitrogen and oxygen atoms in total. The lowest BCUT2D eigenvalue weighted by Gasteiger charge is -2.11. The largest absolute Gasteiger partial charge is 0.0795 e. The number of hydrogen-bond donors (Lipinski definition) is 0. The Kier molecular flexibility index (Phi) is 1.99. The molecule has 2 aliphatic rings. The Balaban J connectivity index is 2.51. The Hall–Kier alpha value is -1.04. The molecule has 2 rings (SSSR count). The Bertz CT molecular complexity index is 348. The normalized spacial score (nSPS) is 26.8. The Morgan fingerprint density at radius 3 is 2.62 bits per heavy atom. The zero-order chi connectivity index (χ0) is 9.42. The summed E-state index contributed by atoms with van der Waals surface area (Å²) >= 11 is 0. The van der Waals surface area contributed by atoms with Crippen molar-refractivity contribution < 1.29 is 0 Å². The highest BCUT2D eigenvalue weighted by Gasteiger charge is 2.20. The minimum Gasteiger partial charge on any atom is -0.0795 e. The van der Waals surface area contributed by atoms with Gasteiger partial charge in [-0.05, 0) is 26.3 Å². The molecule has 0 bridgehead atoms. The number of fused-ring (bicyclic) bond motifs is 1. The van der Waals surface area contributed by atoms with Crippen LogP contribution in [0.3, 0.4) is 0 Å². The molecule has 0 aromatic heterocycles. The van der Waals surface area contributed by atoms with Crippen LogP contribution in [0.1, 0.15) is 20.8 Å². The van der Waals surface area contributed by atoms with Gasteiger partial charge in [0.05, 0.1) is 0 Å². The first-order valence-corrected chi connectivity index (χ1v) is 4.77. The van der Waals surface area contributed by atoms with Gasteiger partial charge in [0, 0.05) is 12.3 Å². The Morgan fingerprint density at radius 2 is 1.85 bits per heavy atom. The zero-order valence-corrected chi connectivity index (χ0v) is 8.46. The summed E-state index contributed by atoms with van der Waals surface area (Å²) < 4.78 is 0. The second kappa shape index (κ2) is 3.02. The van der Waals surface area contributed by atoms with Gasteiger partial charge in [-0.15, -0.1) is 0 Å². The summed E-state index contributed by atoms with van der Waals surface area (Å²) in [6.07, 6.45) is 11.2. The van der Waals surface area contributed by atoms with Gasteiger partial charge in [-0.25, -0.2) is 0 Å². The highest BCUT2D eigenvalue weighted by atomic mass is 14.2. The second-order valence-corrected chi connectivity index (χ2v) is 3.94. The molecule has 0 spiro atoms. The quantitative estimate of drug-likeness (QED) is 0.522. The molecule has 0 aromatic rings. The summed E-state index contributed by atoms with van der Waals surface area (Å²) in [7, 11) is 0. The van der Waals surface area contributed by atoms with Gasteiger partial charge >= 0.3 is 0 Å². The predicted molar refractivity (Wildman–Crippen MR) is 57.1 cm³/mol. The lowest BCUT2D eigenvalue weighted by Crippen LogP contribution is -1.98. The Morgan fingerprint density at radius 1 is 1.08 bits per heavy atom. The van der Waals surface area contributed by atoms with Crippen LogP contribution in [0.15, 0.2) is 46.6 Å². The van der Waals surface area contributed by atoms with Gasteiger partial charge in [0.1, 0.15) is 0 Å². The van der Waals surface area contributed by atoms with Crippen molar-refractivity contribution in [3.05, 3.63) is 53.0 Å². The maximum absolute atomic E-state index is 2.28. The van der Waals surface area contributed by atoms with Crippen LogP contribution < -0.4 is 0 Å². The summed E-state index contributed by atoms with van der Waals surface area (Å²) in [5.41, 5.74) is 5.68. The van der Waals surface area contributed by atoms with Crippen LogP contribution in [0.4, 0.5) is 0 Å².